The van der Waals surface area contributed by atoms with E-state index in [9.17, 15) is 0 Å². The Bertz CT molecular complexity index is 138. The van der Waals surface area contributed by atoms with Gasteiger partial charge in [0.2, 0.25) is 0 Å². The summed E-state index contributed by atoms with van der Waals surface area (Å²) in [5.74, 6) is 0. The molecule has 1 rings (SSSR count). The van der Waals surface area contributed by atoms with Crippen molar-refractivity contribution in [3.8, 4) is 0 Å². The van der Waals surface area contributed by atoms with Crippen molar-refractivity contribution in [1.29, 1.82) is 0 Å². The lowest BCUT2D eigenvalue weighted by molar-refractivity contribution is 0.761. The molecule has 2 nitrogen and oxygen atoms in total. The van der Waals surface area contributed by atoms with E-state index < -0.39 is 0 Å². The third-order valence-corrected chi connectivity index (χ3v) is 0.763. The third-order valence-electron chi connectivity index (χ3n) is 0.763. The highest BCUT2D eigenvalue weighted by Gasteiger charge is 1.83. The van der Waals surface area contributed by atoms with Crippen LogP contribution >= 0.6 is 0 Å². The molecule has 0 saturated carbocycles. The molecule has 0 aliphatic carbocycles. The molecule has 1 aromatic rings. The van der Waals surface area contributed by atoms with Gasteiger partial charge in [0.15, 0.2) is 0 Å². The second kappa shape index (κ2) is 1.37. The Labute approximate surface area is 42.8 Å². The molecule has 2 heteroatoms. The molecule has 37 valence electrons. The van der Waals surface area contributed by atoms with Crippen LogP contribution in [0, 0.1) is 13.1 Å². The fourth-order valence-electron chi connectivity index (χ4n) is 0.486. The fraction of sp³-hybridized carbons (Fsp3) is 0.400. The molecule has 0 amide bonds. The highest BCUT2D eigenvalue weighted by Crippen LogP contribution is 1.87. The average molecular weight is 95.1 g/mol. The first-order valence-corrected chi connectivity index (χ1v) is 2.17. The smallest absolute Gasteiger partial charge is 0.0891 e. The number of aromatic nitrogens is 2. The zero-order valence-corrected chi connectivity index (χ0v) is 4.47. The number of nitrogens with zero attached hydrogens (tertiary/aromatic N) is 2. The van der Waals surface area contributed by atoms with Gasteiger partial charge in [0, 0.05) is 7.05 Å². The van der Waals surface area contributed by atoms with E-state index in [-0.39, 0.29) is 0 Å². The highest BCUT2D eigenvalue weighted by molar-refractivity contribution is 4.96. The van der Waals surface area contributed by atoms with Crippen molar-refractivity contribution in [2.45, 2.75) is 6.92 Å². The molecule has 1 aromatic heterocycles. The zero-order chi connectivity index (χ0) is 5.28. The van der Waals surface area contributed by atoms with Crippen LogP contribution in [0.1, 0.15) is 5.56 Å². The number of hydrogen-bond acceptors (Lipinski definition) is 1. The van der Waals surface area contributed by atoms with Crippen molar-refractivity contribution in [2.24, 2.45) is 7.05 Å². The van der Waals surface area contributed by atoms with Gasteiger partial charge < -0.3 is 0 Å². The minimum Gasteiger partial charge on any atom is -0.266 e. The summed E-state index contributed by atoms with van der Waals surface area (Å²) in [7, 11) is 1.85. The Balaban J connectivity index is 3.04. The van der Waals surface area contributed by atoms with E-state index in [0.717, 1.165) is 5.56 Å². The lowest BCUT2D eigenvalue weighted by Gasteiger charge is -1.77. The molecule has 1 radical (unpaired) electrons. The van der Waals surface area contributed by atoms with E-state index in [0.29, 0.717) is 0 Å². The fourth-order valence-corrected chi connectivity index (χ4v) is 0.486. The number of rotatable bonds is 0. The first-order chi connectivity index (χ1) is 3.29. The van der Waals surface area contributed by atoms with Crippen molar-refractivity contribution < 1.29 is 0 Å². The van der Waals surface area contributed by atoms with Crippen LogP contribution in [0.5, 0.6) is 0 Å². The van der Waals surface area contributed by atoms with Crippen LogP contribution < -0.4 is 0 Å². The van der Waals surface area contributed by atoms with Crippen LogP contribution in [0.4, 0.5) is 0 Å². The topological polar surface area (TPSA) is 17.8 Å². The number of hydrogen-bond donors (Lipinski definition) is 0. The van der Waals surface area contributed by atoms with Crippen LogP contribution in [0.3, 0.4) is 0 Å². The normalized spacial score (nSPS) is 9.43. The molecule has 1 heterocycles. The maximum Gasteiger partial charge on any atom is 0.0891 e. The van der Waals surface area contributed by atoms with Crippen molar-refractivity contribution in [2.75, 3.05) is 0 Å². The Hall–Kier alpha value is -0.790. The van der Waals surface area contributed by atoms with Crippen LogP contribution in [0.2, 0.25) is 0 Å². The van der Waals surface area contributed by atoms with Crippen LogP contribution in [-0.4, -0.2) is 9.78 Å². The molecule has 0 saturated heterocycles. The molecule has 0 aromatic carbocycles. The van der Waals surface area contributed by atoms with Gasteiger partial charge in [-0.25, -0.2) is 0 Å². The first-order valence-electron chi connectivity index (χ1n) is 2.17. The van der Waals surface area contributed by atoms with E-state index in [2.05, 4.69) is 11.3 Å². The van der Waals surface area contributed by atoms with Gasteiger partial charge in [-0.1, -0.05) is 0 Å². The van der Waals surface area contributed by atoms with Gasteiger partial charge in [0.05, 0.1) is 12.4 Å². The van der Waals surface area contributed by atoms with Gasteiger partial charge in [-0.2, -0.15) is 5.10 Å². The summed E-state index contributed by atoms with van der Waals surface area (Å²) in [4.78, 5) is 0. The van der Waals surface area contributed by atoms with E-state index in [1.807, 2.05) is 14.0 Å². The predicted octanol–water partition coefficient (Wildman–Crippen LogP) is 0.529. The largest absolute Gasteiger partial charge is 0.266 e. The molecule has 0 N–H and O–H groups in total. The predicted molar refractivity (Wildman–Crippen MR) is 26.8 cm³/mol. The van der Waals surface area contributed by atoms with Crippen molar-refractivity contribution >= 4 is 0 Å². The first kappa shape index (κ1) is 4.37. The van der Waals surface area contributed by atoms with Crippen LogP contribution in [-0.2, 0) is 7.05 Å². The lowest BCUT2D eigenvalue weighted by atomic mass is 10.4. The number of aryl methyl sites for hydroxylation is 2. The Morgan fingerprint density at radius 3 is 2.71 bits per heavy atom. The second-order valence-electron chi connectivity index (χ2n) is 1.56. The van der Waals surface area contributed by atoms with E-state index in [4.69, 9.17) is 0 Å². The van der Waals surface area contributed by atoms with E-state index in [1.165, 1.54) is 0 Å². The summed E-state index contributed by atoms with van der Waals surface area (Å²) in [6, 6.07) is 0. The monoisotopic (exact) mass is 95.1 g/mol. The molecule has 0 fully saturated rings. The summed E-state index contributed by atoms with van der Waals surface area (Å²) >= 11 is 0. The molecule has 0 aliphatic heterocycles. The third kappa shape index (κ3) is 0.796. The second-order valence-corrected chi connectivity index (χ2v) is 1.56. The summed E-state index contributed by atoms with van der Waals surface area (Å²) < 4.78 is 1.66. The van der Waals surface area contributed by atoms with Crippen molar-refractivity contribution in [3.63, 3.8) is 0 Å². The summed E-state index contributed by atoms with van der Waals surface area (Å²) in [5, 5.41) is 3.88. The van der Waals surface area contributed by atoms with Crippen LogP contribution in [0.15, 0.2) is 6.20 Å². The zero-order valence-electron chi connectivity index (χ0n) is 4.47. The van der Waals surface area contributed by atoms with E-state index >= 15 is 0 Å². The van der Waals surface area contributed by atoms with Crippen molar-refractivity contribution in [1.82, 2.24) is 9.78 Å². The minimum atomic E-state index is 1.09. The Morgan fingerprint density at radius 1 is 1.86 bits per heavy atom. The SMILES string of the molecule is Cc1[c]n(C)nc1. The standard InChI is InChI=1S/C5H7N2/c1-5-3-6-7(2)4-5/h3H,1-2H3. The molecular formula is C5H7N2. The highest BCUT2D eigenvalue weighted by atomic mass is 15.2. The summed E-state index contributed by atoms with van der Waals surface area (Å²) in [6.07, 6.45) is 4.72. The van der Waals surface area contributed by atoms with Gasteiger partial charge in [0.25, 0.3) is 0 Å². The molecule has 0 bridgehead atoms. The molecule has 0 spiro atoms. The Kier molecular flexibility index (Phi) is 0.855. The maximum absolute atomic E-state index is 3.88. The Morgan fingerprint density at radius 2 is 2.57 bits per heavy atom. The van der Waals surface area contributed by atoms with Gasteiger partial charge in [0.1, 0.15) is 0 Å². The van der Waals surface area contributed by atoms with Gasteiger partial charge in [-0.15, -0.1) is 0 Å². The molecule has 0 aliphatic rings. The molecule has 7 heavy (non-hydrogen) atoms. The van der Waals surface area contributed by atoms with Gasteiger partial charge >= 0.3 is 0 Å². The molecular weight excluding hydrogens is 88.1 g/mol. The lowest BCUT2D eigenvalue weighted by Crippen LogP contribution is -1.84. The van der Waals surface area contributed by atoms with E-state index in [1.54, 1.807) is 10.9 Å². The van der Waals surface area contributed by atoms with Gasteiger partial charge in [-0.3, -0.25) is 4.68 Å². The average Bonchev–Trinajstić information content (AvgIpc) is 1.87. The van der Waals surface area contributed by atoms with Crippen molar-refractivity contribution in [3.05, 3.63) is 18.0 Å². The summed E-state index contributed by atoms with van der Waals surface area (Å²) in [6.45, 7) is 1.97. The molecule has 0 atom stereocenters. The maximum atomic E-state index is 3.88. The summed E-state index contributed by atoms with van der Waals surface area (Å²) in [5.41, 5.74) is 1.09. The van der Waals surface area contributed by atoms with Crippen LogP contribution in [0.25, 0.3) is 0 Å². The van der Waals surface area contributed by atoms with Gasteiger partial charge in [-0.05, 0) is 12.5 Å². The molecule has 0 unspecified atom stereocenters. The quantitative estimate of drug-likeness (QED) is 0.459. The minimum absolute atomic E-state index is 1.09.